The van der Waals surface area contributed by atoms with Crippen LogP contribution in [0, 0.1) is 5.92 Å². The lowest BCUT2D eigenvalue weighted by atomic mass is 10.0. The largest absolute Gasteiger partial charge is 0.495 e. The summed E-state index contributed by atoms with van der Waals surface area (Å²) in [5.41, 5.74) is 5.70. The number of hydrogen-bond acceptors (Lipinski definition) is 4. The van der Waals surface area contributed by atoms with Crippen molar-refractivity contribution in [3.63, 3.8) is 0 Å². The number of thiocarbonyl (C=S) groups is 1. The van der Waals surface area contributed by atoms with Crippen molar-refractivity contribution in [3.8, 4) is 5.75 Å². The van der Waals surface area contributed by atoms with Crippen molar-refractivity contribution in [1.82, 2.24) is 5.32 Å². The van der Waals surface area contributed by atoms with E-state index in [0.717, 1.165) is 19.3 Å². The number of carbonyl (C=O) groups is 1. The number of nitrogens with one attached hydrogen (secondary N) is 1. The molecular weight excluding hydrogens is 268 g/mol. The van der Waals surface area contributed by atoms with Gasteiger partial charge in [-0.3, -0.25) is 4.79 Å². The van der Waals surface area contributed by atoms with E-state index in [2.05, 4.69) is 5.32 Å². The summed E-state index contributed by atoms with van der Waals surface area (Å²) in [6.45, 7) is 0. The molecule has 0 bridgehead atoms. The SMILES string of the molecule is COc1ccsc1C(=O)NC1CCCC1C(N)=S. The van der Waals surface area contributed by atoms with Crippen LogP contribution in [0.1, 0.15) is 28.9 Å². The Morgan fingerprint density at radius 2 is 2.39 bits per heavy atom. The molecule has 1 aliphatic rings. The zero-order valence-electron chi connectivity index (χ0n) is 10.1. The van der Waals surface area contributed by atoms with Crippen LogP contribution in [0.2, 0.25) is 0 Å². The number of methoxy groups -OCH3 is 1. The normalized spacial score (nSPS) is 22.7. The second kappa shape index (κ2) is 5.67. The van der Waals surface area contributed by atoms with E-state index in [1.54, 1.807) is 13.2 Å². The number of hydrogen-bond donors (Lipinski definition) is 2. The fraction of sp³-hybridized carbons (Fsp3) is 0.500. The van der Waals surface area contributed by atoms with Gasteiger partial charge in [0.05, 0.1) is 12.1 Å². The van der Waals surface area contributed by atoms with Crippen LogP contribution in [0.5, 0.6) is 5.75 Å². The van der Waals surface area contributed by atoms with Crippen LogP contribution < -0.4 is 15.8 Å². The Morgan fingerprint density at radius 1 is 1.61 bits per heavy atom. The van der Waals surface area contributed by atoms with Gasteiger partial charge in [-0.2, -0.15) is 0 Å². The molecule has 1 saturated carbocycles. The topological polar surface area (TPSA) is 64.3 Å². The molecule has 0 saturated heterocycles. The molecule has 0 aliphatic heterocycles. The maximum Gasteiger partial charge on any atom is 0.265 e. The summed E-state index contributed by atoms with van der Waals surface area (Å²) in [6.07, 6.45) is 2.94. The Balaban J connectivity index is 2.05. The molecule has 3 N–H and O–H groups in total. The second-order valence-corrected chi connectivity index (χ2v) is 5.73. The summed E-state index contributed by atoms with van der Waals surface area (Å²) in [5, 5.41) is 4.85. The molecule has 2 rings (SSSR count). The van der Waals surface area contributed by atoms with Gasteiger partial charge >= 0.3 is 0 Å². The van der Waals surface area contributed by atoms with Gasteiger partial charge in [0.2, 0.25) is 0 Å². The molecule has 4 nitrogen and oxygen atoms in total. The Kier molecular flexibility index (Phi) is 4.19. The molecule has 18 heavy (non-hydrogen) atoms. The van der Waals surface area contributed by atoms with Gasteiger partial charge in [0.25, 0.3) is 5.91 Å². The van der Waals surface area contributed by atoms with Crippen molar-refractivity contribution in [2.75, 3.05) is 7.11 Å². The lowest BCUT2D eigenvalue weighted by molar-refractivity contribution is 0.0935. The number of nitrogens with two attached hydrogens (primary N) is 1. The van der Waals surface area contributed by atoms with E-state index < -0.39 is 0 Å². The zero-order chi connectivity index (χ0) is 13.1. The lowest BCUT2D eigenvalue weighted by Gasteiger charge is -2.19. The zero-order valence-corrected chi connectivity index (χ0v) is 11.8. The number of amides is 1. The monoisotopic (exact) mass is 284 g/mol. The minimum absolute atomic E-state index is 0.0572. The highest BCUT2D eigenvalue weighted by Crippen LogP contribution is 2.28. The molecule has 0 aromatic carbocycles. The van der Waals surface area contributed by atoms with Gasteiger partial charge in [-0.1, -0.05) is 18.6 Å². The predicted molar refractivity (Wildman–Crippen MR) is 76.3 cm³/mol. The van der Waals surface area contributed by atoms with Crippen molar-refractivity contribution in [3.05, 3.63) is 16.3 Å². The van der Waals surface area contributed by atoms with Crippen molar-refractivity contribution in [2.45, 2.75) is 25.3 Å². The van der Waals surface area contributed by atoms with E-state index in [-0.39, 0.29) is 17.9 Å². The summed E-state index contributed by atoms with van der Waals surface area (Å²) in [7, 11) is 1.56. The molecule has 0 spiro atoms. The molecule has 1 aromatic rings. The van der Waals surface area contributed by atoms with E-state index in [4.69, 9.17) is 22.7 Å². The van der Waals surface area contributed by atoms with Crippen LogP contribution in [-0.4, -0.2) is 24.0 Å². The minimum Gasteiger partial charge on any atom is -0.495 e. The lowest BCUT2D eigenvalue weighted by Crippen LogP contribution is -2.41. The van der Waals surface area contributed by atoms with Crippen LogP contribution >= 0.6 is 23.6 Å². The first-order valence-corrected chi connectivity index (χ1v) is 7.14. The van der Waals surface area contributed by atoms with Crippen molar-refractivity contribution in [2.24, 2.45) is 11.7 Å². The van der Waals surface area contributed by atoms with Crippen LogP contribution in [-0.2, 0) is 0 Å². The first-order chi connectivity index (χ1) is 8.63. The number of thiophene rings is 1. The first-order valence-electron chi connectivity index (χ1n) is 5.85. The van der Waals surface area contributed by atoms with E-state index in [1.807, 2.05) is 5.38 Å². The smallest absolute Gasteiger partial charge is 0.265 e. The summed E-state index contributed by atoms with van der Waals surface area (Å²) in [5.74, 6) is 0.632. The summed E-state index contributed by atoms with van der Waals surface area (Å²) >= 11 is 6.41. The Hall–Kier alpha value is -1.14. The van der Waals surface area contributed by atoms with E-state index in [0.29, 0.717) is 15.6 Å². The number of carbonyl (C=O) groups excluding carboxylic acids is 1. The van der Waals surface area contributed by atoms with Crippen LogP contribution in [0.4, 0.5) is 0 Å². The summed E-state index contributed by atoms with van der Waals surface area (Å²) < 4.78 is 5.14. The van der Waals surface area contributed by atoms with Crippen LogP contribution in [0.25, 0.3) is 0 Å². The van der Waals surface area contributed by atoms with Crippen LogP contribution in [0.3, 0.4) is 0 Å². The molecule has 2 atom stereocenters. The third-order valence-electron chi connectivity index (χ3n) is 3.25. The maximum absolute atomic E-state index is 12.1. The van der Waals surface area contributed by atoms with Gasteiger partial charge < -0.3 is 15.8 Å². The Morgan fingerprint density at radius 3 is 3.06 bits per heavy atom. The van der Waals surface area contributed by atoms with Crippen molar-refractivity contribution >= 4 is 34.5 Å². The van der Waals surface area contributed by atoms with E-state index >= 15 is 0 Å². The third-order valence-corrected chi connectivity index (χ3v) is 4.45. The molecule has 0 radical (unpaired) electrons. The highest BCUT2D eigenvalue weighted by molar-refractivity contribution is 7.80. The predicted octanol–water partition coefficient (Wildman–Crippen LogP) is 1.94. The molecule has 1 heterocycles. The van der Waals surface area contributed by atoms with E-state index in [1.165, 1.54) is 11.3 Å². The molecule has 98 valence electrons. The van der Waals surface area contributed by atoms with Gasteiger partial charge in [0.1, 0.15) is 10.6 Å². The van der Waals surface area contributed by atoms with Crippen molar-refractivity contribution < 1.29 is 9.53 Å². The number of rotatable bonds is 4. The average Bonchev–Trinajstić information content (AvgIpc) is 2.96. The first kappa shape index (κ1) is 13.3. The van der Waals surface area contributed by atoms with Gasteiger partial charge in [-0.25, -0.2) is 0 Å². The van der Waals surface area contributed by atoms with E-state index in [9.17, 15) is 4.79 Å². The molecule has 2 unspecified atom stereocenters. The fourth-order valence-corrected chi connectivity index (χ4v) is 3.37. The number of ether oxygens (including phenoxy) is 1. The average molecular weight is 284 g/mol. The molecular formula is C12H16N2O2S2. The molecule has 1 aliphatic carbocycles. The van der Waals surface area contributed by atoms with Gasteiger partial charge in [-0.15, -0.1) is 11.3 Å². The van der Waals surface area contributed by atoms with Gasteiger partial charge in [-0.05, 0) is 24.3 Å². The van der Waals surface area contributed by atoms with Gasteiger partial charge in [0, 0.05) is 12.0 Å². The van der Waals surface area contributed by atoms with Crippen LogP contribution in [0.15, 0.2) is 11.4 Å². The molecule has 1 amide bonds. The minimum atomic E-state index is -0.102. The highest BCUT2D eigenvalue weighted by atomic mass is 32.1. The van der Waals surface area contributed by atoms with Gasteiger partial charge in [0.15, 0.2) is 0 Å². The highest BCUT2D eigenvalue weighted by Gasteiger charge is 2.31. The quantitative estimate of drug-likeness (QED) is 0.829. The molecule has 6 heteroatoms. The fourth-order valence-electron chi connectivity index (χ4n) is 2.33. The summed E-state index contributed by atoms with van der Waals surface area (Å²) in [6, 6.07) is 1.85. The Labute approximate surface area is 116 Å². The Bertz CT molecular complexity index is 459. The van der Waals surface area contributed by atoms with Crippen molar-refractivity contribution in [1.29, 1.82) is 0 Å². The standard InChI is InChI=1S/C12H16N2O2S2/c1-16-9-5-6-18-10(9)12(15)14-8-4-2-3-7(8)11(13)17/h5-8H,2-4H2,1H3,(H2,13,17)(H,14,15). The molecule has 1 fully saturated rings. The molecule has 1 aromatic heterocycles. The summed E-state index contributed by atoms with van der Waals surface area (Å²) in [4.78, 5) is 13.2. The maximum atomic E-state index is 12.1. The second-order valence-electron chi connectivity index (χ2n) is 4.34. The third kappa shape index (κ3) is 2.64.